The van der Waals surface area contributed by atoms with Crippen molar-refractivity contribution in [3.05, 3.63) is 108 Å². The number of quaternary nitrogens is 5. The molecule has 0 radical (unpaired) electrons. The van der Waals surface area contributed by atoms with Crippen LogP contribution in [0.1, 0.15) is 449 Å². The molecule has 0 atom stereocenters. The van der Waals surface area contributed by atoms with Gasteiger partial charge in [-0.3, -0.25) is 0 Å². The molecule has 0 unspecified atom stereocenters. The van der Waals surface area contributed by atoms with Gasteiger partial charge in [-0.1, -0.05) is 459 Å². The van der Waals surface area contributed by atoms with E-state index in [1.165, 1.54) is 448 Å². The molecule has 10 heteroatoms. The summed E-state index contributed by atoms with van der Waals surface area (Å²) in [7, 11) is 27.9. The van der Waals surface area contributed by atoms with E-state index < -0.39 is 0 Å². The molecule has 115 heavy (non-hydrogen) atoms. The van der Waals surface area contributed by atoms with Gasteiger partial charge in [-0.2, -0.15) is 0 Å². The van der Waals surface area contributed by atoms with E-state index in [1.54, 1.807) is 0 Å². The standard InChI is InChI=1S/C27H50N.C23H42N.C21H38N.C19H42N.C15H34N.5ClH/c1-4-5-6-7-8-9-10-11-12-13-14-15-16-17-18-22-25-28(2,3)26-27-23-20-19-21-24-27;1-4-5-6-7-8-9-10-11-12-13-14-18-21-24(2,3)22-23-19-16-15-17-20-23;1-4-5-6-7-8-9-10-11-12-16-19-22(2,3)20-21-17-14-13-15-18-21;1-5-6-7-8-9-10-11-12-13-14-15-16-17-18-19-20(2,3)4;1-5-6-7-8-9-10-11-12-13-14-15-16(2,3)4;;;;;/h19-21,23-24H,4-18,22,25-26H2,1-3H3;15-17,19-20H,4-14,18,21-22H2,1-3H3;13-15,17-18H,4-12,16,19-20H2,1-3H3;5-19H2,1-4H3;5-15H2,1-4H3;5*1H/q5*+1;;;;;/p-5. The van der Waals surface area contributed by atoms with Crippen molar-refractivity contribution in [2.75, 3.05) is 117 Å². The molecule has 0 saturated carbocycles. The highest BCUT2D eigenvalue weighted by molar-refractivity contribution is 5.15. The first kappa shape index (κ1) is 127. The van der Waals surface area contributed by atoms with E-state index >= 15 is 0 Å². The van der Waals surface area contributed by atoms with Gasteiger partial charge in [0.1, 0.15) is 19.6 Å². The van der Waals surface area contributed by atoms with Gasteiger partial charge < -0.3 is 84.5 Å². The maximum atomic E-state index is 2.37. The third kappa shape index (κ3) is 105. The largest absolute Gasteiger partial charge is 1.00 e. The Morgan fingerprint density at radius 3 is 0.383 bits per heavy atom. The summed E-state index contributed by atoms with van der Waals surface area (Å²) >= 11 is 0. The predicted molar refractivity (Wildman–Crippen MR) is 502 cm³/mol. The van der Waals surface area contributed by atoms with Gasteiger partial charge in [0.15, 0.2) is 0 Å². The molecule has 3 rings (SSSR count). The van der Waals surface area contributed by atoms with Crippen molar-refractivity contribution >= 4 is 0 Å². The molecule has 0 spiro atoms. The van der Waals surface area contributed by atoms with Gasteiger partial charge in [0, 0.05) is 16.7 Å². The minimum atomic E-state index is 0. The molecule has 3 aromatic carbocycles. The lowest BCUT2D eigenvalue weighted by Gasteiger charge is -2.30. The van der Waals surface area contributed by atoms with Gasteiger partial charge in [-0.25, -0.2) is 0 Å². The first-order valence-corrected chi connectivity index (χ1v) is 49.2. The van der Waals surface area contributed by atoms with E-state index in [4.69, 9.17) is 0 Å². The van der Waals surface area contributed by atoms with Crippen LogP contribution in [0.2, 0.25) is 0 Å². The lowest BCUT2D eigenvalue weighted by Crippen LogP contribution is -3.00. The predicted octanol–water partition coefficient (Wildman–Crippen LogP) is 17.5. The van der Waals surface area contributed by atoms with Gasteiger partial charge in [-0.15, -0.1) is 0 Å². The number of hydrogen-bond acceptors (Lipinski definition) is 0. The van der Waals surface area contributed by atoms with Gasteiger partial charge in [0.2, 0.25) is 0 Å². The Balaban J connectivity index is -0.000000254. The number of halogens is 5. The number of nitrogens with zero attached hydrogens (tertiary/aromatic N) is 5. The van der Waals surface area contributed by atoms with Gasteiger partial charge in [0.05, 0.1) is 117 Å². The molecule has 3 aromatic rings. The van der Waals surface area contributed by atoms with Crippen LogP contribution in [-0.2, 0) is 19.6 Å². The molecule has 0 fully saturated rings. The summed E-state index contributed by atoms with van der Waals surface area (Å²) in [5, 5.41) is 0. The van der Waals surface area contributed by atoms with Crippen LogP contribution in [-0.4, -0.2) is 140 Å². The van der Waals surface area contributed by atoms with Crippen molar-refractivity contribution in [3.8, 4) is 0 Å². The summed E-state index contributed by atoms with van der Waals surface area (Å²) in [4.78, 5) is 0. The highest BCUT2D eigenvalue weighted by Crippen LogP contribution is 2.21. The SMILES string of the molecule is CCCCCCCCCCCCCCCCCC[N+](C)(C)Cc1ccccc1.CCCCCCCCCCCCCCCC[N+](C)(C)C.CCCCCCCCCCCCCC[N+](C)(C)Cc1ccccc1.CCCCCCCCCCCC[N+](C)(C)C.CCCCCCCCCCCC[N+](C)(C)Cc1ccccc1.[Cl-].[Cl-].[Cl-].[Cl-].[Cl-]. The second kappa shape index (κ2) is 93.6. The average molecular weight is 1720 g/mol. The van der Waals surface area contributed by atoms with Gasteiger partial charge >= 0.3 is 0 Å². The Bertz CT molecular complexity index is 2220. The van der Waals surface area contributed by atoms with E-state index in [2.05, 4.69) is 210 Å². The highest BCUT2D eigenvalue weighted by atomic mass is 35.5. The Labute approximate surface area is 756 Å². The van der Waals surface area contributed by atoms with Crippen molar-refractivity contribution in [2.45, 2.75) is 452 Å². The fourth-order valence-corrected chi connectivity index (χ4v) is 15.8. The molecule has 0 N–H and O–H groups in total. The summed E-state index contributed by atoms with van der Waals surface area (Å²) < 4.78 is 5.58. The van der Waals surface area contributed by atoms with Gasteiger partial charge in [-0.05, 0) is 64.2 Å². The Kier molecular flexibility index (Phi) is 103. The van der Waals surface area contributed by atoms with Crippen molar-refractivity contribution in [1.82, 2.24) is 0 Å². The number of rotatable bonds is 73. The zero-order chi connectivity index (χ0) is 81.3. The molecule has 0 aliphatic heterocycles. The first-order chi connectivity index (χ1) is 53.0. The molecule has 0 aromatic heterocycles. The molecule has 0 heterocycles. The normalized spacial score (nSPS) is 11.3. The van der Waals surface area contributed by atoms with Crippen LogP contribution < -0.4 is 62.0 Å². The average Bonchev–Trinajstić information content (AvgIpc) is 0.914. The molecule has 686 valence electrons. The summed E-state index contributed by atoms with van der Waals surface area (Å²) in [5.74, 6) is 0. The zero-order valence-corrected chi connectivity index (χ0v) is 84.6. The highest BCUT2D eigenvalue weighted by Gasteiger charge is 2.18. The summed E-state index contributed by atoms with van der Waals surface area (Å²) in [6.45, 7) is 21.5. The molecule has 0 amide bonds. The molecule has 5 nitrogen and oxygen atoms in total. The van der Waals surface area contributed by atoms with E-state index in [1.807, 2.05) is 0 Å². The number of benzene rings is 3. The molecule has 0 saturated heterocycles. The third-order valence-electron chi connectivity index (χ3n) is 23.1. The van der Waals surface area contributed by atoms with Crippen LogP contribution in [0.15, 0.2) is 91.0 Å². The quantitative estimate of drug-likeness (QED) is 0.0390. The number of unbranched alkanes of at least 4 members (excludes halogenated alkanes) is 57. The van der Waals surface area contributed by atoms with Crippen molar-refractivity contribution in [2.24, 2.45) is 0 Å². The molecule has 0 bridgehead atoms. The van der Waals surface area contributed by atoms with Crippen LogP contribution in [0, 0.1) is 0 Å². The minimum Gasteiger partial charge on any atom is -1.00 e. The fourth-order valence-electron chi connectivity index (χ4n) is 15.8. The Hall–Kier alpha value is -1.09. The van der Waals surface area contributed by atoms with Crippen molar-refractivity contribution in [1.29, 1.82) is 0 Å². The second-order valence-corrected chi connectivity index (χ2v) is 39.1. The van der Waals surface area contributed by atoms with Crippen molar-refractivity contribution in [3.63, 3.8) is 0 Å². The summed E-state index contributed by atoms with van der Waals surface area (Å²) in [6.07, 6.45) is 89.4. The minimum absolute atomic E-state index is 0. The maximum absolute atomic E-state index is 2.37. The van der Waals surface area contributed by atoms with E-state index in [9.17, 15) is 0 Å². The topological polar surface area (TPSA) is 0 Å². The van der Waals surface area contributed by atoms with Gasteiger partial charge in [0.25, 0.3) is 0 Å². The summed E-state index contributed by atoms with van der Waals surface area (Å²) in [6, 6.07) is 32.8. The Morgan fingerprint density at radius 2 is 0.261 bits per heavy atom. The molecular formula is C105H206Cl5N5. The zero-order valence-electron chi connectivity index (χ0n) is 80.8. The van der Waals surface area contributed by atoms with Crippen LogP contribution >= 0.6 is 0 Å². The molecule has 0 aliphatic carbocycles. The monoisotopic (exact) mass is 1710 g/mol. The number of hydrogen-bond donors (Lipinski definition) is 0. The van der Waals surface area contributed by atoms with Crippen LogP contribution in [0.5, 0.6) is 0 Å². The van der Waals surface area contributed by atoms with Crippen molar-refractivity contribution < 1.29 is 84.5 Å². The fraction of sp³-hybridized carbons (Fsp3) is 0.829. The van der Waals surface area contributed by atoms with Crippen LogP contribution in [0.4, 0.5) is 0 Å². The van der Waals surface area contributed by atoms with E-state index in [0.29, 0.717) is 0 Å². The molecular weight excluding hydrogens is 1510 g/mol. The third-order valence-corrected chi connectivity index (χ3v) is 23.1. The van der Waals surface area contributed by atoms with Crippen LogP contribution in [0.3, 0.4) is 0 Å². The van der Waals surface area contributed by atoms with E-state index in [-0.39, 0.29) is 62.0 Å². The summed E-state index contributed by atoms with van der Waals surface area (Å²) in [5.41, 5.74) is 4.38. The smallest absolute Gasteiger partial charge is 0.104 e. The second-order valence-electron chi connectivity index (χ2n) is 39.1. The lowest BCUT2D eigenvalue weighted by molar-refractivity contribution is -0.903. The first-order valence-electron chi connectivity index (χ1n) is 49.2. The molecule has 0 aliphatic rings. The van der Waals surface area contributed by atoms with Crippen LogP contribution in [0.25, 0.3) is 0 Å². The lowest BCUT2D eigenvalue weighted by atomic mass is 10.0. The Morgan fingerprint density at radius 1 is 0.148 bits per heavy atom. The van der Waals surface area contributed by atoms with E-state index in [0.717, 1.165) is 42.0 Å². The maximum Gasteiger partial charge on any atom is 0.104 e.